The largest absolute Gasteiger partial charge is 0.459 e. The molecule has 0 aliphatic heterocycles. The van der Waals surface area contributed by atoms with Crippen LogP contribution in [0.25, 0.3) is 11.1 Å². The number of hydrogen-bond donors (Lipinski definition) is 4. The topological polar surface area (TPSA) is 152 Å². The number of carbonyl (C=O) groups is 5. The highest BCUT2D eigenvalue weighted by atomic mass is 16.5. The predicted octanol–water partition coefficient (Wildman–Crippen LogP) is 7.39. The Bertz CT molecular complexity index is 2080. The average molecular weight is 817 g/mol. The lowest BCUT2D eigenvalue weighted by Crippen LogP contribution is -2.61. The number of amides is 4. The van der Waals surface area contributed by atoms with E-state index in [4.69, 9.17) is 9.47 Å². The van der Waals surface area contributed by atoms with E-state index in [1.54, 1.807) is 13.8 Å². The number of nitrogens with one attached hydrogen (secondary N) is 4. The minimum absolute atomic E-state index is 0.0481. The van der Waals surface area contributed by atoms with E-state index in [1.807, 2.05) is 133 Å². The molecule has 11 nitrogen and oxygen atoms in total. The van der Waals surface area contributed by atoms with E-state index in [0.717, 1.165) is 38.9 Å². The third kappa shape index (κ3) is 11.8. The fraction of sp³-hybridized carbons (Fsp3) is 0.408. The Morgan fingerprint density at radius 1 is 0.633 bits per heavy atom. The summed E-state index contributed by atoms with van der Waals surface area (Å²) in [6.07, 6.45) is -0.322. The van der Waals surface area contributed by atoms with Crippen LogP contribution in [0.4, 0.5) is 4.79 Å². The Balaban J connectivity index is 1.30. The number of esters is 1. The molecule has 0 bridgehead atoms. The Labute approximate surface area is 354 Å². The molecule has 318 valence electrons. The molecular formula is C49H60N4O7. The summed E-state index contributed by atoms with van der Waals surface area (Å²) in [4.78, 5) is 69.3. The SMILES string of the molecule is Cc1ccccc1C[C@H](NC(=O)[C@H](NC(=O)OCC1c2ccccc2-c2ccccc21)C(C)C)C(=O)N[C@H](C(=O)N[C@@H](CC(C)C)C(=O)OCc1ccccc1)C(C)(C)C. The van der Waals surface area contributed by atoms with E-state index in [0.29, 0.717) is 6.42 Å². The first kappa shape index (κ1) is 45.1. The van der Waals surface area contributed by atoms with Gasteiger partial charge in [-0.3, -0.25) is 14.4 Å². The summed E-state index contributed by atoms with van der Waals surface area (Å²) in [7, 11) is 0. The number of rotatable bonds is 17. The number of hydrogen-bond acceptors (Lipinski definition) is 7. The summed E-state index contributed by atoms with van der Waals surface area (Å²) < 4.78 is 11.4. The second-order valence-electron chi connectivity index (χ2n) is 17.5. The first-order valence-corrected chi connectivity index (χ1v) is 20.8. The standard InChI is InChI=1S/C49H60N4O7/c1-30(2)26-41(47(57)59-28-33-19-10-9-11-20-33)51-46(56)43(49(6,7)8)53-44(54)40(27-34-21-13-12-18-32(34)5)50-45(55)42(31(3)4)52-48(58)60-29-39-37-24-16-14-22-35(37)36-23-15-17-25-38(36)39/h9-25,30-31,39-43H,26-29H2,1-8H3,(H,50,55)(H,51,56)(H,52,58)(H,53,54)/t40-,41-,42+,43+/m0/s1. The van der Waals surface area contributed by atoms with Crippen LogP contribution in [0.2, 0.25) is 0 Å². The van der Waals surface area contributed by atoms with Crippen molar-refractivity contribution in [3.63, 3.8) is 0 Å². The third-order valence-electron chi connectivity index (χ3n) is 10.8. The Morgan fingerprint density at radius 3 is 1.78 bits per heavy atom. The number of fused-ring (bicyclic) bond motifs is 3. The summed E-state index contributed by atoms with van der Waals surface area (Å²) in [5.41, 5.74) is 6.07. The molecule has 1 aliphatic carbocycles. The lowest BCUT2D eigenvalue weighted by molar-refractivity contribution is -0.150. The molecular weight excluding hydrogens is 757 g/mol. The van der Waals surface area contributed by atoms with Crippen LogP contribution in [0.3, 0.4) is 0 Å². The van der Waals surface area contributed by atoms with Crippen molar-refractivity contribution in [1.29, 1.82) is 0 Å². The molecule has 4 atom stereocenters. The van der Waals surface area contributed by atoms with E-state index in [9.17, 15) is 24.0 Å². The van der Waals surface area contributed by atoms with Crippen LogP contribution in [0.5, 0.6) is 0 Å². The first-order valence-electron chi connectivity index (χ1n) is 20.8. The molecule has 4 amide bonds. The van der Waals surface area contributed by atoms with Crippen molar-refractivity contribution in [1.82, 2.24) is 21.3 Å². The van der Waals surface area contributed by atoms with Gasteiger partial charge in [0.15, 0.2) is 0 Å². The molecule has 4 aromatic rings. The van der Waals surface area contributed by atoms with Crippen LogP contribution in [-0.4, -0.2) is 60.6 Å². The zero-order chi connectivity index (χ0) is 43.6. The van der Waals surface area contributed by atoms with E-state index in [-0.39, 0.29) is 37.4 Å². The number of benzene rings is 4. The van der Waals surface area contributed by atoms with Gasteiger partial charge in [0, 0.05) is 12.3 Å². The maximum absolute atomic E-state index is 14.4. The van der Waals surface area contributed by atoms with E-state index < -0.39 is 59.4 Å². The Morgan fingerprint density at radius 2 is 1.20 bits per heavy atom. The van der Waals surface area contributed by atoms with Gasteiger partial charge < -0.3 is 30.7 Å². The van der Waals surface area contributed by atoms with Gasteiger partial charge in [-0.1, -0.05) is 152 Å². The summed E-state index contributed by atoms with van der Waals surface area (Å²) in [6, 6.07) is 28.6. The molecule has 0 radical (unpaired) electrons. The van der Waals surface area contributed by atoms with E-state index in [2.05, 4.69) is 33.4 Å². The predicted molar refractivity (Wildman–Crippen MR) is 233 cm³/mol. The molecule has 0 saturated heterocycles. The van der Waals surface area contributed by atoms with Crippen LogP contribution in [0, 0.1) is 24.2 Å². The molecule has 11 heteroatoms. The van der Waals surface area contributed by atoms with Crippen LogP contribution in [0.1, 0.15) is 88.6 Å². The van der Waals surface area contributed by atoms with Crippen LogP contribution < -0.4 is 21.3 Å². The van der Waals surface area contributed by atoms with Crippen molar-refractivity contribution in [2.45, 2.75) is 105 Å². The highest BCUT2D eigenvalue weighted by Crippen LogP contribution is 2.44. The molecule has 0 saturated carbocycles. The van der Waals surface area contributed by atoms with Crippen molar-refractivity contribution in [3.8, 4) is 11.1 Å². The summed E-state index contributed by atoms with van der Waals surface area (Å²) in [5, 5.41) is 11.4. The van der Waals surface area contributed by atoms with Crippen molar-refractivity contribution in [2.75, 3.05) is 6.61 Å². The summed E-state index contributed by atoms with van der Waals surface area (Å²) in [6.45, 7) is 14.9. The van der Waals surface area contributed by atoms with Crippen molar-refractivity contribution in [2.24, 2.45) is 17.3 Å². The molecule has 5 rings (SSSR count). The second-order valence-corrected chi connectivity index (χ2v) is 17.5. The maximum Gasteiger partial charge on any atom is 0.407 e. The molecule has 0 spiro atoms. The van der Waals surface area contributed by atoms with Crippen molar-refractivity contribution < 1.29 is 33.4 Å². The zero-order valence-electron chi connectivity index (χ0n) is 36.0. The second kappa shape index (κ2) is 20.3. The first-order chi connectivity index (χ1) is 28.5. The molecule has 0 unspecified atom stereocenters. The van der Waals surface area contributed by atoms with Gasteiger partial charge in [-0.15, -0.1) is 0 Å². The molecule has 0 aromatic heterocycles. The lowest BCUT2D eigenvalue weighted by atomic mass is 9.85. The molecule has 4 aromatic carbocycles. The van der Waals surface area contributed by atoms with E-state index >= 15 is 0 Å². The van der Waals surface area contributed by atoms with E-state index in [1.165, 1.54) is 0 Å². The fourth-order valence-electron chi connectivity index (χ4n) is 7.52. The summed E-state index contributed by atoms with van der Waals surface area (Å²) >= 11 is 0. The molecule has 60 heavy (non-hydrogen) atoms. The van der Waals surface area contributed by atoms with Gasteiger partial charge in [0.25, 0.3) is 0 Å². The number of carbonyl (C=O) groups excluding carboxylic acids is 5. The third-order valence-corrected chi connectivity index (χ3v) is 10.8. The highest BCUT2D eigenvalue weighted by Gasteiger charge is 2.38. The molecule has 1 aliphatic rings. The Kier molecular flexibility index (Phi) is 15.3. The quantitative estimate of drug-likeness (QED) is 0.0812. The highest BCUT2D eigenvalue weighted by molar-refractivity contribution is 5.95. The fourth-order valence-corrected chi connectivity index (χ4v) is 7.52. The minimum atomic E-state index is -1.14. The smallest absolute Gasteiger partial charge is 0.407 e. The van der Waals surface area contributed by atoms with Crippen LogP contribution in [-0.2, 0) is 41.7 Å². The molecule has 0 heterocycles. The van der Waals surface area contributed by atoms with Gasteiger partial charge in [0.05, 0.1) is 0 Å². The van der Waals surface area contributed by atoms with Gasteiger partial charge in [0.1, 0.15) is 37.4 Å². The van der Waals surface area contributed by atoms with Gasteiger partial charge in [-0.2, -0.15) is 0 Å². The van der Waals surface area contributed by atoms with Crippen molar-refractivity contribution >= 4 is 29.8 Å². The maximum atomic E-state index is 14.4. The molecule has 0 fully saturated rings. The van der Waals surface area contributed by atoms with Gasteiger partial charge in [-0.05, 0) is 69.5 Å². The normalized spacial score (nSPS) is 14.2. The number of aryl methyl sites for hydroxylation is 1. The van der Waals surface area contributed by atoms with Crippen LogP contribution >= 0.6 is 0 Å². The van der Waals surface area contributed by atoms with Gasteiger partial charge in [0.2, 0.25) is 17.7 Å². The zero-order valence-corrected chi connectivity index (χ0v) is 36.0. The Hall–Kier alpha value is -5.97. The van der Waals surface area contributed by atoms with Gasteiger partial charge >= 0.3 is 12.1 Å². The number of alkyl carbamates (subject to hydrolysis) is 1. The van der Waals surface area contributed by atoms with Crippen molar-refractivity contribution in [3.05, 3.63) is 131 Å². The minimum Gasteiger partial charge on any atom is -0.459 e. The molecule has 4 N–H and O–H groups in total. The summed E-state index contributed by atoms with van der Waals surface area (Å²) in [5.74, 6) is -2.80. The average Bonchev–Trinajstić information content (AvgIpc) is 3.53. The monoisotopic (exact) mass is 816 g/mol. The van der Waals surface area contributed by atoms with Gasteiger partial charge in [-0.25, -0.2) is 9.59 Å². The van der Waals surface area contributed by atoms with Crippen LogP contribution in [0.15, 0.2) is 103 Å². The lowest BCUT2D eigenvalue weighted by Gasteiger charge is -2.33. The number of ether oxygens (including phenoxy) is 2.